The standard InChI is InChI=1S/C10H16N2O3/c1-6(7-4-11-5-7)8(13)12-10(2-3-10)9(14)15/h6-7,11H,2-5H2,1H3,(H,12,13)(H,14,15). The Bertz CT molecular complexity index is 295. The summed E-state index contributed by atoms with van der Waals surface area (Å²) in [6.45, 7) is 3.57. The van der Waals surface area contributed by atoms with Crippen LogP contribution < -0.4 is 10.6 Å². The number of carbonyl (C=O) groups excluding carboxylic acids is 1. The highest BCUT2D eigenvalue weighted by atomic mass is 16.4. The van der Waals surface area contributed by atoms with Crippen LogP contribution in [0.5, 0.6) is 0 Å². The smallest absolute Gasteiger partial charge is 0.329 e. The number of carbonyl (C=O) groups is 2. The lowest BCUT2D eigenvalue weighted by Crippen LogP contribution is -2.52. The predicted molar refractivity (Wildman–Crippen MR) is 53.3 cm³/mol. The van der Waals surface area contributed by atoms with E-state index in [2.05, 4.69) is 10.6 Å². The van der Waals surface area contributed by atoms with Crippen LogP contribution in [0.3, 0.4) is 0 Å². The van der Waals surface area contributed by atoms with Crippen LogP contribution in [0.1, 0.15) is 19.8 Å². The first-order chi connectivity index (χ1) is 7.05. The molecule has 0 aromatic rings. The third-order valence-electron chi connectivity index (χ3n) is 3.46. The quantitative estimate of drug-likeness (QED) is 0.591. The average molecular weight is 212 g/mol. The fourth-order valence-electron chi connectivity index (χ4n) is 1.75. The highest BCUT2D eigenvalue weighted by Gasteiger charge is 2.52. The van der Waals surface area contributed by atoms with Crippen molar-refractivity contribution in [2.75, 3.05) is 13.1 Å². The maximum atomic E-state index is 11.7. The van der Waals surface area contributed by atoms with Crippen molar-refractivity contribution in [1.82, 2.24) is 10.6 Å². The molecule has 2 fully saturated rings. The van der Waals surface area contributed by atoms with Crippen molar-refractivity contribution in [3.8, 4) is 0 Å². The zero-order chi connectivity index (χ0) is 11.1. The van der Waals surface area contributed by atoms with Gasteiger partial charge in [-0.15, -0.1) is 0 Å². The van der Waals surface area contributed by atoms with Gasteiger partial charge in [-0.2, -0.15) is 0 Å². The maximum Gasteiger partial charge on any atom is 0.329 e. The summed E-state index contributed by atoms with van der Waals surface area (Å²) in [7, 11) is 0. The summed E-state index contributed by atoms with van der Waals surface area (Å²) in [6.07, 6.45) is 1.12. The Morgan fingerprint density at radius 3 is 2.40 bits per heavy atom. The molecule has 1 saturated heterocycles. The van der Waals surface area contributed by atoms with Gasteiger partial charge in [0.25, 0.3) is 0 Å². The molecular formula is C10H16N2O3. The number of rotatable bonds is 4. The van der Waals surface area contributed by atoms with Crippen LogP contribution in [0.4, 0.5) is 0 Å². The van der Waals surface area contributed by atoms with Gasteiger partial charge < -0.3 is 15.7 Å². The fourth-order valence-corrected chi connectivity index (χ4v) is 1.75. The first kappa shape index (κ1) is 10.4. The molecule has 5 heteroatoms. The van der Waals surface area contributed by atoms with Crippen LogP contribution in [0.25, 0.3) is 0 Å². The van der Waals surface area contributed by atoms with Crippen molar-refractivity contribution in [3.05, 3.63) is 0 Å². The molecule has 1 unspecified atom stereocenters. The molecule has 0 aromatic heterocycles. The summed E-state index contributed by atoms with van der Waals surface area (Å²) in [5, 5.41) is 14.7. The Morgan fingerprint density at radius 2 is 2.07 bits per heavy atom. The summed E-state index contributed by atoms with van der Waals surface area (Å²) < 4.78 is 0. The van der Waals surface area contributed by atoms with Crippen molar-refractivity contribution >= 4 is 11.9 Å². The number of aliphatic carboxylic acids is 1. The van der Waals surface area contributed by atoms with Crippen molar-refractivity contribution in [2.24, 2.45) is 11.8 Å². The van der Waals surface area contributed by atoms with Gasteiger partial charge in [-0.1, -0.05) is 6.92 Å². The van der Waals surface area contributed by atoms with Crippen LogP contribution in [0.2, 0.25) is 0 Å². The van der Waals surface area contributed by atoms with E-state index in [-0.39, 0.29) is 11.8 Å². The largest absolute Gasteiger partial charge is 0.480 e. The second kappa shape index (κ2) is 3.48. The molecule has 1 atom stereocenters. The number of nitrogens with one attached hydrogen (secondary N) is 2. The van der Waals surface area contributed by atoms with Crippen LogP contribution in [-0.2, 0) is 9.59 Å². The second-order valence-corrected chi connectivity index (χ2v) is 4.58. The molecule has 2 aliphatic rings. The Labute approximate surface area is 88.2 Å². The van der Waals surface area contributed by atoms with E-state index in [1.54, 1.807) is 0 Å². The van der Waals surface area contributed by atoms with E-state index in [4.69, 9.17) is 5.11 Å². The number of carboxylic acid groups (broad SMARTS) is 1. The van der Waals surface area contributed by atoms with Crippen LogP contribution in [0, 0.1) is 11.8 Å². The summed E-state index contributed by atoms with van der Waals surface area (Å²) in [4.78, 5) is 22.6. The number of hydrogen-bond acceptors (Lipinski definition) is 3. The number of carboxylic acids is 1. The van der Waals surface area contributed by atoms with Crippen molar-refractivity contribution in [2.45, 2.75) is 25.3 Å². The third-order valence-corrected chi connectivity index (χ3v) is 3.46. The molecule has 15 heavy (non-hydrogen) atoms. The van der Waals surface area contributed by atoms with E-state index in [9.17, 15) is 9.59 Å². The minimum atomic E-state index is -0.942. The molecular weight excluding hydrogens is 196 g/mol. The lowest BCUT2D eigenvalue weighted by molar-refractivity contribution is -0.144. The maximum absolute atomic E-state index is 11.7. The van der Waals surface area contributed by atoms with Crippen molar-refractivity contribution < 1.29 is 14.7 Å². The summed E-state index contributed by atoms with van der Waals surface area (Å²) >= 11 is 0. The molecule has 0 radical (unpaired) electrons. The molecule has 1 aliphatic heterocycles. The minimum Gasteiger partial charge on any atom is -0.480 e. The predicted octanol–water partition coefficient (Wildman–Crippen LogP) is -0.425. The van der Waals surface area contributed by atoms with Gasteiger partial charge in [0, 0.05) is 5.92 Å². The van der Waals surface area contributed by atoms with E-state index >= 15 is 0 Å². The molecule has 1 saturated carbocycles. The molecule has 84 valence electrons. The Morgan fingerprint density at radius 1 is 1.47 bits per heavy atom. The summed E-state index contributed by atoms with van der Waals surface area (Å²) in [6, 6.07) is 0. The lowest BCUT2D eigenvalue weighted by atomic mass is 9.88. The highest BCUT2D eigenvalue weighted by Crippen LogP contribution is 2.36. The molecule has 1 aliphatic carbocycles. The van der Waals surface area contributed by atoms with Gasteiger partial charge >= 0.3 is 5.97 Å². The van der Waals surface area contributed by atoms with Gasteiger partial charge in [-0.3, -0.25) is 4.79 Å². The molecule has 0 aromatic carbocycles. The number of hydrogen-bond donors (Lipinski definition) is 3. The van der Waals surface area contributed by atoms with E-state index < -0.39 is 11.5 Å². The van der Waals surface area contributed by atoms with E-state index in [0.717, 1.165) is 13.1 Å². The molecule has 3 N–H and O–H groups in total. The third kappa shape index (κ3) is 1.84. The lowest BCUT2D eigenvalue weighted by Gasteiger charge is -2.32. The van der Waals surface area contributed by atoms with Crippen molar-refractivity contribution in [3.63, 3.8) is 0 Å². The van der Waals surface area contributed by atoms with Gasteiger partial charge in [0.2, 0.25) is 5.91 Å². The zero-order valence-electron chi connectivity index (χ0n) is 8.75. The van der Waals surface area contributed by atoms with Crippen molar-refractivity contribution in [1.29, 1.82) is 0 Å². The average Bonchev–Trinajstić information content (AvgIpc) is 2.82. The van der Waals surface area contributed by atoms with Gasteiger partial charge in [-0.25, -0.2) is 4.79 Å². The van der Waals surface area contributed by atoms with Crippen LogP contribution in [-0.4, -0.2) is 35.6 Å². The Hall–Kier alpha value is -1.10. The molecule has 0 spiro atoms. The Kier molecular flexibility index (Phi) is 2.42. The van der Waals surface area contributed by atoms with Gasteiger partial charge in [-0.05, 0) is 31.8 Å². The molecule has 1 amide bonds. The van der Waals surface area contributed by atoms with Gasteiger partial charge in [0.15, 0.2) is 0 Å². The van der Waals surface area contributed by atoms with Crippen LogP contribution in [0.15, 0.2) is 0 Å². The van der Waals surface area contributed by atoms with Gasteiger partial charge in [0.05, 0.1) is 0 Å². The molecule has 2 rings (SSSR count). The molecule has 1 heterocycles. The Balaban J connectivity index is 1.89. The molecule has 0 bridgehead atoms. The fraction of sp³-hybridized carbons (Fsp3) is 0.800. The van der Waals surface area contributed by atoms with Gasteiger partial charge in [0.1, 0.15) is 5.54 Å². The summed E-state index contributed by atoms with van der Waals surface area (Å²) in [5.74, 6) is -0.770. The first-order valence-electron chi connectivity index (χ1n) is 5.31. The SMILES string of the molecule is CC(C(=O)NC1(C(=O)O)CC1)C1CNC1. The first-order valence-corrected chi connectivity index (χ1v) is 5.31. The molecule has 5 nitrogen and oxygen atoms in total. The normalized spacial score (nSPS) is 25.1. The highest BCUT2D eigenvalue weighted by molar-refractivity contribution is 5.90. The minimum absolute atomic E-state index is 0.0944. The number of amides is 1. The summed E-state index contributed by atoms with van der Waals surface area (Å²) in [5.41, 5.74) is -0.942. The second-order valence-electron chi connectivity index (χ2n) is 4.58. The zero-order valence-corrected chi connectivity index (χ0v) is 8.75. The van der Waals surface area contributed by atoms with Crippen LogP contribution >= 0.6 is 0 Å². The van der Waals surface area contributed by atoms with E-state index in [0.29, 0.717) is 18.8 Å². The van der Waals surface area contributed by atoms with E-state index in [1.807, 2.05) is 6.92 Å². The topological polar surface area (TPSA) is 78.4 Å². The van der Waals surface area contributed by atoms with E-state index in [1.165, 1.54) is 0 Å². The monoisotopic (exact) mass is 212 g/mol.